The summed E-state index contributed by atoms with van der Waals surface area (Å²) >= 11 is 2.87. The summed E-state index contributed by atoms with van der Waals surface area (Å²) in [7, 11) is 0. The smallest absolute Gasteiger partial charge is 0.348 e. The van der Waals surface area contributed by atoms with Gasteiger partial charge in [0.2, 0.25) is 0 Å². The molecule has 0 atom stereocenters. The molecular formula is C11H11NO2S2. The summed E-state index contributed by atoms with van der Waals surface area (Å²) in [6.45, 7) is 4.05. The zero-order valence-electron chi connectivity index (χ0n) is 8.90. The van der Waals surface area contributed by atoms with Gasteiger partial charge in [0.05, 0.1) is 5.69 Å². The number of aromatic carboxylic acids is 1. The molecule has 0 saturated carbocycles. The van der Waals surface area contributed by atoms with Crippen LogP contribution < -0.4 is 5.73 Å². The molecule has 2 rings (SSSR count). The molecule has 0 unspecified atom stereocenters. The predicted octanol–water partition coefficient (Wildman–Crippen LogP) is 3.37. The van der Waals surface area contributed by atoms with Crippen LogP contribution in [0.4, 0.5) is 5.69 Å². The van der Waals surface area contributed by atoms with Crippen LogP contribution in [0.25, 0.3) is 11.1 Å². The Balaban J connectivity index is 2.57. The van der Waals surface area contributed by atoms with E-state index in [4.69, 9.17) is 10.8 Å². The summed E-state index contributed by atoms with van der Waals surface area (Å²) in [5.74, 6) is -0.960. The van der Waals surface area contributed by atoms with E-state index in [1.807, 2.05) is 25.3 Å². The highest BCUT2D eigenvalue weighted by molar-refractivity contribution is 7.13. The number of aryl methyl sites for hydroxylation is 2. The molecule has 16 heavy (non-hydrogen) atoms. The molecule has 0 aromatic carbocycles. The molecule has 0 aliphatic rings. The second-order valence-corrected chi connectivity index (χ2v) is 5.86. The molecule has 0 saturated heterocycles. The van der Waals surface area contributed by atoms with Crippen LogP contribution in [0.5, 0.6) is 0 Å². The lowest BCUT2D eigenvalue weighted by Crippen LogP contribution is -1.98. The average molecular weight is 253 g/mol. The fraction of sp³-hybridized carbons (Fsp3) is 0.182. The Morgan fingerprint density at radius 1 is 1.38 bits per heavy atom. The van der Waals surface area contributed by atoms with Gasteiger partial charge in [-0.15, -0.1) is 22.7 Å². The van der Waals surface area contributed by atoms with Gasteiger partial charge in [0.15, 0.2) is 0 Å². The second-order valence-electron chi connectivity index (χ2n) is 3.52. The summed E-state index contributed by atoms with van der Waals surface area (Å²) in [6.07, 6.45) is 0. The Kier molecular flexibility index (Phi) is 2.73. The van der Waals surface area contributed by atoms with Crippen molar-refractivity contribution in [1.82, 2.24) is 0 Å². The maximum atomic E-state index is 10.9. The summed E-state index contributed by atoms with van der Waals surface area (Å²) < 4.78 is 0. The van der Waals surface area contributed by atoms with E-state index in [2.05, 4.69) is 0 Å². The van der Waals surface area contributed by atoms with Crippen molar-refractivity contribution in [2.45, 2.75) is 13.8 Å². The molecule has 0 amide bonds. The quantitative estimate of drug-likeness (QED) is 0.862. The van der Waals surface area contributed by atoms with Crippen molar-refractivity contribution in [3.8, 4) is 11.1 Å². The second kappa shape index (κ2) is 3.92. The van der Waals surface area contributed by atoms with E-state index in [9.17, 15) is 4.79 Å². The van der Waals surface area contributed by atoms with Crippen molar-refractivity contribution in [2.75, 3.05) is 5.73 Å². The third-order valence-corrected chi connectivity index (χ3v) is 4.30. The predicted molar refractivity (Wildman–Crippen MR) is 68.5 cm³/mol. The molecule has 2 heterocycles. The first kappa shape index (κ1) is 11.2. The Hall–Kier alpha value is -1.33. The first-order chi connectivity index (χ1) is 7.50. The average Bonchev–Trinajstić information content (AvgIpc) is 2.69. The van der Waals surface area contributed by atoms with E-state index in [1.54, 1.807) is 11.3 Å². The Morgan fingerprint density at radius 3 is 2.50 bits per heavy atom. The maximum absolute atomic E-state index is 10.9. The van der Waals surface area contributed by atoms with Gasteiger partial charge in [0.25, 0.3) is 0 Å². The number of thiophene rings is 2. The summed E-state index contributed by atoms with van der Waals surface area (Å²) in [5.41, 5.74) is 8.10. The third kappa shape index (κ3) is 1.72. The monoisotopic (exact) mass is 253 g/mol. The highest BCUT2D eigenvalue weighted by atomic mass is 32.1. The first-order valence-electron chi connectivity index (χ1n) is 4.68. The molecule has 3 nitrogen and oxygen atoms in total. The van der Waals surface area contributed by atoms with Crippen molar-refractivity contribution >= 4 is 34.3 Å². The first-order valence-corrected chi connectivity index (χ1v) is 6.38. The standard InChI is InChI=1S/C11H11NO2S2/c1-5-3-7(6(2)16-5)8-4-15-10(9(8)12)11(13)14/h3-4H,12H2,1-2H3,(H,13,14). The maximum Gasteiger partial charge on any atom is 0.348 e. The molecule has 0 spiro atoms. The third-order valence-electron chi connectivity index (χ3n) is 2.35. The number of nitrogen functional groups attached to an aromatic ring is 1. The van der Waals surface area contributed by atoms with Crippen molar-refractivity contribution in [1.29, 1.82) is 0 Å². The largest absolute Gasteiger partial charge is 0.477 e. The highest BCUT2D eigenvalue weighted by Crippen LogP contribution is 2.38. The van der Waals surface area contributed by atoms with Gasteiger partial charge in [-0.3, -0.25) is 0 Å². The van der Waals surface area contributed by atoms with Crippen molar-refractivity contribution in [2.24, 2.45) is 0 Å². The fourth-order valence-corrected chi connectivity index (χ4v) is 3.41. The number of hydrogen-bond acceptors (Lipinski definition) is 4. The van der Waals surface area contributed by atoms with Crippen LogP contribution in [0, 0.1) is 13.8 Å². The number of carboxylic acids is 1. The van der Waals surface area contributed by atoms with Crippen LogP contribution in [-0.4, -0.2) is 11.1 Å². The molecule has 5 heteroatoms. The topological polar surface area (TPSA) is 63.3 Å². The minimum Gasteiger partial charge on any atom is -0.477 e. The van der Waals surface area contributed by atoms with Crippen LogP contribution in [0.1, 0.15) is 19.4 Å². The lowest BCUT2D eigenvalue weighted by molar-refractivity contribution is 0.0703. The molecule has 0 bridgehead atoms. The number of rotatable bonds is 2. The van der Waals surface area contributed by atoms with Gasteiger partial charge in [0.1, 0.15) is 4.88 Å². The minimum absolute atomic E-state index is 0.221. The molecule has 2 aromatic rings. The lowest BCUT2D eigenvalue weighted by atomic mass is 10.1. The molecule has 0 radical (unpaired) electrons. The number of carbonyl (C=O) groups is 1. The van der Waals surface area contributed by atoms with Crippen LogP contribution in [0.15, 0.2) is 11.4 Å². The van der Waals surface area contributed by atoms with Gasteiger partial charge in [-0.2, -0.15) is 0 Å². The van der Waals surface area contributed by atoms with Crippen molar-refractivity contribution in [3.63, 3.8) is 0 Å². The molecule has 0 fully saturated rings. The molecule has 0 aliphatic carbocycles. The molecule has 84 valence electrons. The Labute approximate surface area is 101 Å². The van der Waals surface area contributed by atoms with E-state index in [-0.39, 0.29) is 4.88 Å². The van der Waals surface area contributed by atoms with Crippen LogP contribution in [0.3, 0.4) is 0 Å². The van der Waals surface area contributed by atoms with Crippen LogP contribution in [0.2, 0.25) is 0 Å². The van der Waals surface area contributed by atoms with E-state index in [0.29, 0.717) is 5.69 Å². The van der Waals surface area contributed by atoms with Gasteiger partial charge in [-0.1, -0.05) is 0 Å². The Bertz CT molecular complexity index is 554. The van der Waals surface area contributed by atoms with Gasteiger partial charge < -0.3 is 10.8 Å². The van der Waals surface area contributed by atoms with Crippen LogP contribution in [-0.2, 0) is 0 Å². The van der Waals surface area contributed by atoms with Crippen molar-refractivity contribution in [3.05, 3.63) is 26.1 Å². The molecule has 0 aliphatic heterocycles. The van der Waals surface area contributed by atoms with E-state index < -0.39 is 5.97 Å². The summed E-state index contributed by atoms with van der Waals surface area (Å²) in [6, 6.07) is 2.05. The number of nitrogens with two attached hydrogens (primary N) is 1. The van der Waals surface area contributed by atoms with Gasteiger partial charge in [-0.25, -0.2) is 4.79 Å². The van der Waals surface area contributed by atoms with Gasteiger partial charge in [0, 0.05) is 20.7 Å². The van der Waals surface area contributed by atoms with E-state index in [1.165, 1.54) is 21.1 Å². The Morgan fingerprint density at radius 2 is 2.06 bits per heavy atom. The van der Waals surface area contributed by atoms with Gasteiger partial charge in [-0.05, 0) is 25.5 Å². The van der Waals surface area contributed by atoms with E-state index in [0.717, 1.165) is 11.1 Å². The molecule has 3 N–H and O–H groups in total. The summed E-state index contributed by atoms with van der Waals surface area (Å²) in [4.78, 5) is 13.5. The van der Waals surface area contributed by atoms with Gasteiger partial charge >= 0.3 is 5.97 Å². The lowest BCUT2D eigenvalue weighted by Gasteiger charge is -1.99. The highest BCUT2D eigenvalue weighted by Gasteiger charge is 2.17. The summed E-state index contributed by atoms with van der Waals surface area (Å²) in [5, 5.41) is 10.7. The normalized spacial score (nSPS) is 10.6. The zero-order valence-corrected chi connectivity index (χ0v) is 10.5. The van der Waals surface area contributed by atoms with E-state index >= 15 is 0 Å². The number of anilines is 1. The molecule has 2 aromatic heterocycles. The SMILES string of the molecule is Cc1cc(-c2csc(C(=O)O)c2N)c(C)s1. The number of hydrogen-bond donors (Lipinski definition) is 2. The van der Waals surface area contributed by atoms with Crippen molar-refractivity contribution < 1.29 is 9.90 Å². The fourth-order valence-electron chi connectivity index (χ4n) is 1.64. The minimum atomic E-state index is -0.960. The molecular weight excluding hydrogens is 242 g/mol. The zero-order chi connectivity index (χ0) is 11.9. The van der Waals surface area contributed by atoms with Crippen LogP contribution >= 0.6 is 22.7 Å². The number of carboxylic acid groups (broad SMARTS) is 1.